The molecule has 0 spiro atoms. The average Bonchev–Trinajstić information content (AvgIpc) is 2.71. The summed E-state index contributed by atoms with van der Waals surface area (Å²) in [6.07, 6.45) is 0. The molecule has 4 heteroatoms. The number of amides is 1. The van der Waals surface area contributed by atoms with Gasteiger partial charge in [-0.2, -0.15) is 0 Å². The van der Waals surface area contributed by atoms with Crippen LogP contribution < -0.4 is 4.90 Å². The minimum atomic E-state index is -1.09. The highest BCUT2D eigenvalue weighted by Gasteiger charge is 2.50. The maximum absolute atomic E-state index is 12.9. The Morgan fingerprint density at radius 2 is 1.86 bits per heavy atom. The first-order valence-corrected chi connectivity index (χ1v) is 7.91. The van der Waals surface area contributed by atoms with E-state index in [2.05, 4.69) is 15.9 Å². The van der Waals surface area contributed by atoms with E-state index >= 15 is 0 Å². The predicted molar refractivity (Wildman–Crippen MR) is 89.8 cm³/mol. The highest BCUT2D eigenvalue weighted by atomic mass is 79.9. The van der Waals surface area contributed by atoms with Crippen molar-refractivity contribution in [3.05, 3.63) is 64.1 Å². The van der Waals surface area contributed by atoms with Gasteiger partial charge in [0.05, 0.1) is 6.54 Å². The number of ketones is 1. The quantitative estimate of drug-likeness (QED) is 0.782. The lowest BCUT2D eigenvalue weighted by Gasteiger charge is -2.21. The first-order chi connectivity index (χ1) is 10.4. The Balaban J connectivity index is 2.11. The van der Waals surface area contributed by atoms with E-state index in [0.717, 1.165) is 21.3 Å². The van der Waals surface area contributed by atoms with Crippen LogP contribution in [0.3, 0.4) is 0 Å². The topological polar surface area (TPSA) is 37.4 Å². The summed E-state index contributed by atoms with van der Waals surface area (Å²) in [5.41, 5.74) is 1.53. The molecule has 1 atom stereocenters. The molecule has 0 bridgehead atoms. The SMILES string of the molecule is CC(=O)C1(C)C(=O)N(Cc2ccccc2)c2cc(Br)ccc21. The summed E-state index contributed by atoms with van der Waals surface area (Å²) < 4.78 is 0.893. The van der Waals surface area contributed by atoms with Gasteiger partial charge in [0.15, 0.2) is 0 Å². The molecule has 2 aromatic carbocycles. The Hall–Kier alpha value is -1.94. The van der Waals surface area contributed by atoms with Crippen LogP contribution in [0.15, 0.2) is 53.0 Å². The lowest BCUT2D eigenvalue weighted by molar-refractivity contribution is -0.132. The first kappa shape index (κ1) is 15.0. The van der Waals surface area contributed by atoms with Gasteiger partial charge in [0, 0.05) is 10.2 Å². The molecule has 0 saturated carbocycles. The van der Waals surface area contributed by atoms with Crippen molar-refractivity contribution in [2.45, 2.75) is 25.8 Å². The molecule has 1 amide bonds. The van der Waals surface area contributed by atoms with Gasteiger partial charge in [-0.15, -0.1) is 0 Å². The van der Waals surface area contributed by atoms with Crippen molar-refractivity contribution in [1.82, 2.24) is 0 Å². The van der Waals surface area contributed by atoms with Crippen LogP contribution in [-0.4, -0.2) is 11.7 Å². The zero-order valence-electron chi connectivity index (χ0n) is 12.5. The molecule has 0 aliphatic carbocycles. The fourth-order valence-electron chi connectivity index (χ4n) is 2.91. The molecule has 0 fully saturated rings. The molecule has 0 saturated heterocycles. The molecule has 1 aliphatic heterocycles. The lowest BCUT2D eigenvalue weighted by Crippen LogP contribution is -2.42. The Morgan fingerprint density at radius 3 is 2.50 bits per heavy atom. The number of carbonyl (C=O) groups is 2. The van der Waals surface area contributed by atoms with Gasteiger partial charge < -0.3 is 4.90 Å². The molecule has 112 valence electrons. The largest absolute Gasteiger partial charge is 0.306 e. The maximum Gasteiger partial charge on any atom is 0.245 e. The second kappa shape index (κ2) is 5.36. The van der Waals surface area contributed by atoms with E-state index in [1.165, 1.54) is 6.92 Å². The first-order valence-electron chi connectivity index (χ1n) is 7.11. The molecule has 22 heavy (non-hydrogen) atoms. The van der Waals surface area contributed by atoms with Crippen molar-refractivity contribution in [2.24, 2.45) is 0 Å². The van der Waals surface area contributed by atoms with Crippen LogP contribution in [0.1, 0.15) is 25.0 Å². The van der Waals surface area contributed by atoms with Gasteiger partial charge in [0.25, 0.3) is 0 Å². The molecule has 3 rings (SSSR count). The molecule has 1 unspecified atom stereocenters. The van der Waals surface area contributed by atoms with Crippen molar-refractivity contribution in [3.8, 4) is 0 Å². The molecule has 0 N–H and O–H groups in total. The summed E-state index contributed by atoms with van der Waals surface area (Å²) >= 11 is 3.45. The number of Topliss-reactive ketones (excluding diaryl/α,β-unsaturated/α-hetero) is 1. The smallest absolute Gasteiger partial charge is 0.245 e. The molecule has 0 radical (unpaired) electrons. The highest BCUT2D eigenvalue weighted by Crippen LogP contribution is 2.44. The molecule has 1 aliphatic rings. The molecule has 2 aromatic rings. The van der Waals surface area contributed by atoms with Crippen molar-refractivity contribution < 1.29 is 9.59 Å². The lowest BCUT2D eigenvalue weighted by atomic mass is 9.80. The average molecular weight is 358 g/mol. The number of nitrogens with zero attached hydrogens (tertiary/aromatic N) is 1. The Kier molecular flexibility index (Phi) is 3.65. The number of benzene rings is 2. The zero-order valence-corrected chi connectivity index (χ0v) is 14.1. The van der Waals surface area contributed by atoms with Gasteiger partial charge in [-0.25, -0.2) is 0 Å². The van der Waals surface area contributed by atoms with E-state index in [-0.39, 0.29) is 11.7 Å². The minimum Gasteiger partial charge on any atom is -0.306 e. The van der Waals surface area contributed by atoms with Crippen LogP contribution in [0.25, 0.3) is 0 Å². The fourth-order valence-corrected chi connectivity index (χ4v) is 3.26. The third-order valence-electron chi connectivity index (χ3n) is 4.35. The number of anilines is 1. The standard InChI is InChI=1S/C18H16BrNO2/c1-12(21)18(2)15-9-8-14(19)10-16(15)20(17(18)22)11-13-6-4-3-5-7-13/h3-10H,11H2,1-2H3. The number of rotatable bonds is 3. The van der Waals surface area contributed by atoms with Crippen LogP contribution in [-0.2, 0) is 21.5 Å². The second-order valence-electron chi connectivity index (χ2n) is 5.72. The number of halogens is 1. The summed E-state index contributed by atoms with van der Waals surface area (Å²) in [5.74, 6) is -0.284. The molecular weight excluding hydrogens is 342 g/mol. The van der Waals surface area contributed by atoms with Gasteiger partial charge in [-0.3, -0.25) is 9.59 Å². The van der Waals surface area contributed by atoms with Crippen LogP contribution in [0, 0.1) is 0 Å². The number of hydrogen-bond acceptors (Lipinski definition) is 2. The number of carbonyl (C=O) groups excluding carboxylic acids is 2. The third-order valence-corrected chi connectivity index (χ3v) is 4.84. The highest BCUT2D eigenvalue weighted by molar-refractivity contribution is 9.10. The summed E-state index contributed by atoms with van der Waals surface area (Å²) in [6, 6.07) is 15.4. The van der Waals surface area contributed by atoms with Gasteiger partial charge >= 0.3 is 0 Å². The van der Waals surface area contributed by atoms with Crippen LogP contribution >= 0.6 is 15.9 Å². The van der Waals surface area contributed by atoms with Gasteiger partial charge in [0.1, 0.15) is 11.2 Å². The molecule has 0 aromatic heterocycles. The summed E-state index contributed by atoms with van der Waals surface area (Å²) in [4.78, 5) is 26.8. The third kappa shape index (κ3) is 2.18. The summed E-state index contributed by atoms with van der Waals surface area (Å²) in [7, 11) is 0. The summed E-state index contributed by atoms with van der Waals surface area (Å²) in [6.45, 7) is 3.66. The van der Waals surface area contributed by atoms with Crippen molar-refractivity contribution >= 4 is 33.3 Å². The van der Waals surface area contributed by atoms with Crippen molar-refractivity contribution in [3.63, 3.8) is 0 Å². The van der Waals surface area contributed by atoms with Crippen molar-refractivity contribution in [1.29, 1.82) is 0 Å². The van der Waals surface area contributed by atoms with Crippen LogP contribution in [0.5, 0.6) is 0 Å². The minimum absolute atomic E-state index is 0.128. The van der Waals surface area contributed by atoms with E-state index in [4.69, 9.17) is 0 Å². The Bertz CT molecular complexity index is 757. The number of fused-ring (bicyclic) bond motifs is 1. The Morgan fingerprint density at radius 1 is 1.18 bits per heavy atom. The molecule has 1 heterocycles. The Labute approximate surface area is 138 Å². The van der Waals surface area contributed by atoms with E-state index in [0.29, 0.717) is 6.54 Å². The normalized spacial score (nSPS) is 20.1. The summed E-state index contributed by atoms with van der Waals surface area (Å²) in [5, 5.41) is 0. The van der Waals surface area contributed by atoms with E-state index in [1.807, 2.05) is 48.5 Å². The van der Waals surface area contributed by atoms with Gasteiger partial charge in [-0.05, 0) is 37.1 Å². The number of hydrogen-bond donors (Lipinski definition) is 0. The molecular formula is C18H16BrNO2. The molecule has 3 nitrogen and oxygen atoms in total. The monoisotopic (exact) mass is 357 g/mol. The van der Waals surface area contributed by atoms with Crippen molar-refractivity contribution in [2.75, 3.05) is 4.90 Å². The predicted octanol–water partition coefficient (Wildman–Crippen LogP) is 3.84. The van der Waals surface area contributed by atoms with E-state index in [1.54, 1.807) is 11.8 Å². The van der Waals surface area contributed by atoms with Crippen LogP contribution in [0.4, 0.5) is 5.69 Å². The maximum atomic E-state index is 12.9. The van der Waals surface area contributed by atoms with Gasteiger partial charge in [-0.1, -0.05) is 52.3 Å². The van der Waals surface area contributed by atoms with E-state index in [9.17, 15) is 9.59 Å². The zero-order chi connectivity index (χ0) is 15.9. The van der Waals surface area contributed by atoms with Gasteiger partial charge in [0.2, 0.25) is 5.91 Å². The second-order valence-corrected chi connectivity index (χ2v) is 6.64. The fraction of sp³-hybridized carbons (Fsp3) is 0.222. The van der Waals surface area contributed by atoms with E-state index < -0.39 is 5.41 Å². The van der Waals surface area contributed by atoms with Crippen LogP contribution in [0.2, 0.25) is 0 Å².